The molecule has 4 aliphatic carbocycles. The summed E-state index contributed by atoms with van der Waals surface area (Å²) in [5.74, 6) is 4.41. The molecule has 0 amide bonds. The topological polar surface area (TPSA) is 105 Å². The molecule has 1 heterocycles. The van der Waals surface area contributed by atoms with Crippen LogP contribution in [-0.4, -0.2) is 64.7 Å². The van der Waals surface area contributed by atoms with Crippen molar-refractivity contribution in [2.24, 2.45) is 46.3 Å². The third kappa shape index (κ3) is 12.3. The number of rotatable bonds is 23. The van der Waals surface area contributed by atoms with Crippen LogP contribution in [0.4, 0.5) is 0 Å². The summed E-state index contributed by atoms with van der Waals surface area (Å²) in [4.78, 5) is 12.6. The summed E-state index contributed by atoms with van der Waals surface area (Å²) < 4.78 is 18.0. The average Bonchev–Trinajstić information content (AvgIpc) is 3.56. The molecule has 5 aliphatic rings. The third-order valence-electron chi connectivity index (χ3n) is 16.0. The van der Waals surface area contributed by atoms with Gasteiger partial charge in [0, 0.05) is 6.42 Å². The number of aliphatic hydroxyl groups excluding tert-OH is 3. The fraction of sp³-hybridized carbons (Fsp3) is 0.863. The summed E-state index contributed by atoms with van der Waals surface area (Å²) in [6, 6.07) is 0. The monoisotopic (exact) mass is 811 g/mol. The largest absolute Gasteiger partial charge is 0.463 e. The zero-order valence-electron chi connectivity index (χ0n) is 37.8. The number of ether oxygens (including phenoxy) is 3. The first kappa shape index (κ1) is 47.5. The van der Waals surface area contributed by atoms with Gasteiger partial charge in [-0.2, -0.15) is 0 Å². The van der Waals surface area contributed by atoms with Gasteiger partial charge in [-0.15, -0.1) is 0 Å². The van der Waals surface area contributed by atoms with Gasteiger partial charge >= 0.3 is 5.97 Å². The fourth-order valence-electron chi connectivity index (χ4n) is 12.5. The van der Waals surface area contributed by atoms with Crippen LogP contribution in [0.15, 0.2) is 36.0 Å². The van der Waals surface area contributed by atoms with Gasteiger partial charge in [0.15, 0.2) is 6.29 Å². The SMILES string of the molecule is CCCCC/C=C\C/C=C\CCCCCCCC(=O)OCC1OC(OC2CCC3(C)C(=CCC4C3CCC3(C)C(C(C)CCCC(C)C)CCC43)C2)C(O)C(O)C1O. The maximum Gasteiger partial charge on any atom is 0.305 e. The van der Waals surface area contributed by atoms with Gasteiger partial charge in [0.05, 0.1) is 6.10 Å². The highest BCUT2D eigenvalue weighted by molar-refractivity contribution is 5.69. The molecule has 332 valence electrons. The van der Waals surface area contributed by atoms with Gasteiger partial charge in [-0.1, -0.05) is 129 Å². The summed E-state index contributed by atoms with van der Waals surface area (Å²) in [6.45, 7) is 14.5. The van der Waals surface area contributed by atoms with Crippen LogP contribution in [0.25, 0.3) is 0 Å². The average molecular weight is 811 g/mol. The molecule has 0 aromatic carbocycles. The molecule has 0 radical (unpaired) electrons. The van der Waals surface area contributed by atoms with Gasteiger partial charge < -0.3 is 29.5 Å². The van der Waals surface area contributed by atoms with Crippen molar-refractivity contribution >= 4 is 5.97 Å². The molecule has 4 fully saturated rings. The van der Waals surface area contributed by atoms with E-state index in [0.717, 1.165) is 100 Å². The van der Waals surface area contributed by atoms with Crippen LogP contribution in [0.5, 0.6) is 0 Å². The lowest BCUT2D eigenvalue weighted by molar-refractivity contribution is -0.313. The van der Waals surface area contributed by atoms with Gasteiger partial charge in [0.25, 0.3) is 0 Å². The van der Waals surface area contributed by atoms with Crippen LogP contribution < -0.4 is 0 Å². The van der Waals surface area contributed by atoms with Crippen molar-refractivity contribution in [3.05, 3.63) is 36.0 Å². The number of carbonyl (C=O) groups excluding carboxylic acids is 1. The molecule has 0 aromatic rings. The Hall–Kier alpha value is -1.51. The highest BCUT2D eigenvalue weighted by Gasteiger charge is 2.59. The van der Waals surface area contributed by atoms with Crippen LogP contribution in [-0.2, 0) is 19.0 Å². The van der Waals surface area contributed by atoms with Gasteiger partial charge in [0.2, 0.25) is 0 Å². The van der Waals surface area contributed by atoms with E-state index in [1.165, 1.54) is 76.2 Å². The normalized spacial score (nSPS) is 36.8. The highest BCUT2D eigenvalue weighted by atomic mass is 16.7. The maximum atomic E-state index is 12.6. The fourth-order valence-corrected chi connectivity index (χ4v) is 12.5. The van der Waals surface area contributed by atoms with Crippen LogP contribution in [0.3, 0.4) is 0 Å². The van der Waals surface area contributed by atoms with Crippen molar-refractivity contribution in [3.8, 4) is 0 Å². The Balaban J connectivity index is 1.02. The molecule has 7 nitrogen and oxygen atoms in total. The van der Waals surface area contributed by atoms with E-state index in [4.69, 9.17) is 14.2 Å². The number of hydrogen-bond acceptors (Lipinski definition) is 7. The number of aliphatic hydroxyl groups is 3. The maximum absolute atomic E-state index is 12.6. The summed E-state index contributed by atoms with van der Waals surface area (Å²) in [7, 11) is 0. The molecule has 5 rings (SSSR count). The Kier molecular flexibility index (Phi) is 18.9. The molecule has 1 saturated heterocycles. The summed E-state index contributed by atoms with van der Waals surface area (Å²) in [6.07, 6.45) is 31.3. The van der Waals surface area contributed by atoms with Crippen molar-refractivity contribution in [2.45, 2.75) is 226 Å². The van der Waals surface area contributed by atoms with Crippen LogP contribution in [0.2, 0.25) is 0 Å². The second-order valence-corrected chi connectivity index (χ2v) is 20.5. The summed E-state index contributed by atoms with van der Waals surface area (Å²) in [5.41, 5.74) is 2.13. The van der Waals surface area contributed by atoms with Crippen molar-refractivity contribution in [3.63, 3.8) is 0 Å². The zero-order chi connectivity index (χ0) is 41.7. The van der Waals surface area contributed by atoms with E-state index in [2.05, 4.69) is 71.9 Å². The molecule has 58 heavy (non-hydrogen) atoms. The van der Waals surface area contributed by atoms with Crippen LogP contribution in [0, 0.1) is 46.3 Å². The van der Waals surface area contributed by atoms with Gasteiger partial charge in [-0.05, 0) is 136 Å². The zero-order valence-corrected chi connectivity index (χ0v) is 37.8. The molecule has 3 saturated carbocycles. The van der Waals surface area contributed by atoms with E-state index < -0.39 is 30.7 Å². The second-order valence-electron chi connectivity index (χ2n) is 20.5. The lowest BCUT2D eigenvalue weighted by Crippen LogP contribution is -2.60. The van der Waals surface area contributed by atoms with E-state index in [0.29, 0.717) is 17.8 Å². The first-order valence-corrected chi connectivity index (χ1v) is 24.4. The molecule has 1 aliphatic heterocycles. The minimum atomic E-state index is -1.45. The Bertz CT molecular complexity index is 1320. The van der Waals surface area contributed by atoms with Crippen molar-refractivity contribution in [1.29, 1.82) is 0 Å². The van der Waals surface area contributed by atoms with E-state index >= 15 is 0 Å². The van der Waals surface area contributed by atoms with Crippen LogP contribution >= 0.6 is 0 Å². The van der Waals surface area contributed by atoms with Gasteiger partial charge in [-0.25, -0.2) is 0 Å². The molecule has 7 heteroatoms. The Morgan fingerprint density at radius 3 is 2.29 bits per heavy atom. The first-order chi connectivity index (χ1) is 27.9. The Labute approximate surface area is 354 Å². The van der Waals surface area contributed by atoms with Gasteiger partial charge in [-0.3, -0.25) is 4.79 Å². The predicted octanol–water partition coefficient (Wildman–Crippen LogP) is 11.6. The van der Waals surface area contributed by atoms with Crippen LogP contribution in [0.1, 0.15) is 189 Å². The Morgan fingerprint density at radius 1 is 0.828 bits per heavy atom. The van der Waals surface area contributed by atoms with E-state index in [-0.39, 0.29) is 24.1 Å². The third-order valence-corrected chi connectivity index (χ3v) is 16.0. The summed E-state index contributed by atoms with van der Waals surface area (Å²) >= 11 is 0. The van der Waals surface area contributed by atoms with Crippen molar-refractivity contribution in [1.82, 2.24) is 0 Å². The first-order valence-electron chi connectivity index (χ1n) is 24.4. The van der Waals surface area contributed by atoms with Crippen molar-refractivity contribution in [2.75, 3.05) is 6.61 Å². The number of hydrogen-bond donors (Lipinski definition) is 3. The smallest absolute Gasteiger partial charge is 0.305 e. The molecule has 0 spiro atoms. The molecule has 13 atom stereocenters. The summed E-state index contributed by atoms with van der Waals surface area (Å²) in [5, 5.41) is 32.5. The van der Waals surface area contributed by atoms with Gasteiger partial charge in [0.1, 0.15) is 31.0 Å². The minimum Gasteiger partial charge on any atom is -0.463 e. The molecule has 3 N–H and O–H groups in total. The lowest BCUT2D eigenvalue weighted by atomic mass is 9.47. The number of fused-ring (bicyclic) bond motifs is 5. The number of allylic oxidation sites excluding steroid dienone is 5. The van der Waals surface area contributed by atoms with E-state index in [1.54, 1.807) is 0 Å². The Morgan fingerprint density at radius 2 is 1.55 bits per heavy atom. The van der Waals surface area contributed by atoms with E-state index in [1.807, 2.05) is 0 Å². The second kappa shape index (κ2) is 23.1. The highest BCUT2D eigenvalue weighted by Crippen LogP contribution is 2.67. The molecular formula is C51H86O7. The standard InChI is InChI=1S/C51H86O7/c1-7-8-9-10-11-12-13-14-15-16-17-18-19-20-21-25-45(52)56-35-44-46(53)47(54)48(55)49(58-44)57-39-30-32-50(5)38(34-39)26-27-40-42-29-28-41(37(4)24-22-23-36(2)3)51(42,6)33-31-43(40)50/h11-12,14-15,26,36-37,39-44,46-49,53-55H,7-10,13,16-25,27-35H2,1-6H3/b12-11-,15-14-. The number of unbranched alkanes of at least 4 members (excludes halogenated alkanes) is 8. The lowest BCUT2D eigenvalue weighted by Gasteiger charge is -2.58. The molecule has 0 bridgehead atoms. The van der Waals surface area contributed by atoms with Crippen molar-refractivity contribution < 1.29 is 34.3 Å². The quantitative estimate of drug-likeness (QED) is 0.0536. The molecule has 0 aromatic heterocycles. The number of esters is 1. The minimum absolute atomic E-state index is 0.143. The number of carbonyl (C=O) groups is 1. The molecular weight excluding hydrogens is 725 g/mol. The predicted molar refractivity (Wildman–Crippen MR) is 235 cm³/mol. The van der Waals surface area contributed by atoms with E-state index in [9.17, 15) is 20.1 Å². The molecule has 13 unspecified atom stereocenters.